The first-order valence-electron chi connectivity index (χ1n) is 3.50. The number of halogens is 1. The van der Waals surface area contributed by atoms with Crippen LogP contribution in [0.2, 0.25) is 0 Å². The Kier molecular flexibility index (Phi) is 2.78. The molecule has 1 aromatic carbocycles. The van der Waals surface area contributed by atoms with Gasteiger partial charge in [0.05, 0.1) is 0 Å². The van der Waals surface area contributed by atoms with Crippen molar-refractivity contribution in [2.24, 2.45) is 4.99 Å². The summed E-state index contributed by atoms with van der Waals surface area (Å²) in [5, 5.41) is 0. The Morgan fingerprint density at radius 3 is 2.45 bits per heavy atom. The molecule has 0 aliphatic carbocycles. The Labute approximate surface area is 65.6 Å². The van der Waals surface area contributed by atoms with Crippen molar-refractivity contribution >= 4 is 6.72 Å². The molecule has 0 atom stereocenters. The maximum atomic E-state index is 12.4. The highest BCUT2D eigenvalue weighted by Crippen LogP contribution is 2.02. The number of benzene rings is 1. The van der Waals surface area contributed by atoms with Crippen molar-refractivity contribution in [2.45, 2.75) is 6.42 Å². The summed E-state index contributed by atoms with van der Waals surface area (Å²) < 4.78 is 12.4. The van der Waals surface area contributed by atoms with Gasteiger partial charge in [-0.15, -0.1) is 0 Å². The Hall–Kier alpha value is -1.18. The summed E-state index contributed by atoms with van der Waals surface area (Å²) in [6, 6.07) is 6.44. The van der Waals surface area contributed by atoms with Crippen LogP contribution in [0.1, 0.15) is 5.56 Å². The third-order valence-corrected chi connectivity index (χ3v) is 1.47. The average molecular weight is 151 g/mol. The lowest BCUT2D eigenvalue weighted by molar-refractivity contribution is 0.627. The minimum Gasteiger partial charge on any atom is -0.301 e. The SMILES string of the molecule is C=NCCc1ccc(F)cc1. The van der Waals surface area contributed by atoms with Gasteiger partial charge in [0.1, 0.15) is 5.82 Å². The van der Waals surface area contributed by atoms with Crippen LogP contribution in [0.25, 0.3) is 0 Å². The van der Waals surface area contributed by atoms with Gasteiger partial charge in [0.2, 0.25) is 0 Å². The van der Waals surface area contributed by atoms with Gasteiger partial charge in [-0.1, -0.05) is 12.1 Å². The van der Waals surface area contributed by atoms with E-state index in [-0.39, 0.29) is 5.82 Å². The first-order valence-corrected chi connectivity index (χ1v) is 3.50. The van der Waals surface area contributed by atoms with Crippen LogP contribution in [0.5, 0.6) is 0 Å². The summed E-state index contributed by atoms with van der Waals surface area (Å²) in [4.78, 5) is 3.71. The van der Waals surface area contributed by atoms with E-state index in [0.717, 1.165) is 12.0 Å². The maximum absolute atomic E-state index is 12.4. The molecule has 0 aromatic heterocycles. The number of hydrogen-bond donors (Lipinski definition) is 0. The lowest BCUT2D eigenvalue weighted by Crippen LogP contribution is -1.88. The predicted octanol–water partition coefficient (Wildman–Crippen LogP) is 2.07. The van der Waals surface area contributed by atoms with Gasteiger partial charge in [-0.2, -0.15) is 0 Å². The highest BCUT2D eigenvalue weighted by atomic mass is 19.1. The topological polar surface area (TPSA) is 12.4 Å². The van der Waals surface area contributed by atoms with Crippen LogP contribution in [-0.4, -0.2) is 13.3 Å². The average Bonchev–Trinajstić information content (AvgIpc) is 2.04. The van der Waals surface area contributed by atoms with E-state index in [2.05, 4.69) is 11.7 Å². The molecule has 1 rings (SSSR count). The molecule has 0 saturated heterocycles. The third kappa shape index (κ3) is 2.50. The van der Waals surface area contributed by atoms with Gasteiger partial charge in [0.15, 0.2) is 0 Å². The molecule has 0 N–H and O–H groups in total. The third-order valence-electron chi connectivity index (χ3n) is 1.47. The molecular weight excluding hydrogens is 141 g/mol. The molecular formula is C9H10FN. The normalized spacial score (nSPS) is 9.55. The van der Waals surface area contributed by atoms with E-state index in [4.69, 9.17) is 0 Å². The molecule has 2 heteroatoms. The van der Waals surface area contributed by atoms with E-state index >= 15 is 0 Å². The zero-order valence-electron chi connectivity index (χ0n) is 6.26. The fraction of sp³-hybridized carbons (Fsp3) is 0.222. The smallest absolute Gasteiger partial charge is 0.123 e. The highest BCUT2D eigenvalue weighted by Gasteiger charge is 1.91. The fourth-order valence-electron chi connectivity index (χ4n) is 0.859. The highest BCUT2D eigenvalue weighted by molar-refractivity contribution is 5.24. The largest absolute Gasteiger partial charge is 0.301 e. The van der Waals surface area contributed by atoms with Gasteiger partial charge in [-0.05, 0) is 30.8 Å². The molecule has 0 amide bonds. The number of rotatable bonds is 3. The summed E-state index contributed by atoms with van der Waals surface area (Å²) in [6.45, 7) is 4.07. The van der Waals surface area contributed by atoms with Crippen LogP contribution in [0.3, 0.4) is 0 Å². The molecule has 1 aromatic rings. The van der Waals surface area contributed by atoms with Crippen molar-refractivity contribution in [3.8, 4) is 0 Å². The van der Waals surface area contributed by atoms with E-state index in [0.29, 0.717) is 6.54 Å². The molecule has 0 aliphatic rings. The maximum Gasteiger partial charge on any atom is 0.123 e. The summed E-state index contributed by atoms with van der Waals surface area (Å²) in [6.07, 6.45) is 0.837. The van der Waals surface area contributed by atoms with Gasteiger partial charge in [0, 0.05) is 6.54 Å². The van der Waals surface area contributed by atoms with Crippen LogP contribution in [0.4, 0.5) is 4.39 Å². The van der Waals surface area contributed by atoms with Gasteiger partial charge >= 0.3 is 0 Å². The quantitative estimate of drug-likeness (QED) is 0.586. The van der Waals surface area contributed by atoms with Gasteiger partial charge < -0.3 is 4.99 Å². The van der Waals surface area contributed by atoms with E-state index in [9.17, 15) is 4.39 Å². The Morgan fingerprint density at radius 2 is 1.91 bits per heavy atom. The molecule has 58 valence electrons. The molecule has 1 nitrogen and oxygen atoms in total. The first-order chi connectivity index (χ1) is 5.33. The van der Waals surface area contributed by atoms with Crippen molar-refractivity contribution in [1.29, 1.82) is 0 Å². The van der Waals surface area contributed by atoms with E-state index in [1.165, 1.54) is 12.1 Å². The summed E-state index contributed by atoms with van der Waals surface area (Å²) in [5.74, 6) is -0.194. The van der Waals surface area contributed by atoms with Gasteiger partial charge in [0.25, 0.3) is 0 Å². The molecule has 0 unspecified atom stereocenters. The fourth-order valence-corrected chi connectivity index (χ4v) is 0.859. The van der Waals surface area contributed by atoms with E-state index in [1.807, 2.05) is 0 Å². The minimum atomic E-state index is -0.194. The van der Waals surface area contributed by atoms with Crippen molar-refractivity contribution in [2.75, 3.05) is 6.54 Å². The lowest BCUT2D eigenvalue weighted by Gasteiger charge is -1.96. The zero-order valence-corrected chi connectivity index (χ0v) is 6.26. The Morgan fingerprint density at radius 1 is 1.27 bits per heavy atom. The molecule has 0 spiro atoms. The second-order valence-corrected chi connectivity index (χ2v) is 2.32. The molecule has 0 heterocycles. The molecule has 0 aliphatic heterocycles. The summed E-state index contributed by atoms with van der Waals surface area (Å²) in [5.41, 5.74) is 1.10. The lowest BCUT2D eigenvalue weighted by atomic mass is 10.1. The van der Waals surface area contributed by atoms with Crippen LogP contribution in [-0.2, 0) is 6.42 Å². The zero-order chi connectivity index (χ0) is 8.10. The second-order valence-electron chi connectivity index (χ2n) is 2.32. The van der Waals surface area contributed by atoms with Crippen molar-refractivity contribution in [1.82, 2.24) is 0 Å². The van der Waals surface area contributed by atoms with Gasteiger partial charge in [-0.3, -0.25) is 0 Å². The van der Waals surface area contributed by atoms with E-state index in [1.54, 1.807) is 12.1 Å². The first kappa shape index (κ1) is 7.92. The van der Waals surface area contributed by atoms with Crippen molar-refractivity contribution < 1.29 is 4.39 Å². The number of hydrogen-bond acceptors (Lipinski definition) is 1. The van der Waals surface area contributed by atoms with Crippen LogP contribution in [0.15, 0.2) is 29.3 Å². The summed E-state index contributed by atoms with van der Waals surface area (Å²) >= 11 is 0. The van der Waals surface area contributed by atoms with E-state index < -0.39 is 0 Å². The monoisotopic (exact) mass is 151 g/mol. The molecule has 0 radical (unpaired) electrons. The molecule has 0 fully saturated rings. The number of nitrogens with zero attached hydrogens (tertiary/aromatic N) is 1. The molecule has 0 saturated carbocycles. The van der Waals surface area contributed by atoms with Gasteiger partial charge in [-0.25, -0.2) is 4.39 Å². The van der Waals surface area contributed by atoms with Crippen LogP contribution < -0.4 is 0 Å². The predicted molar refractivity (Wildman–Crippen MR) is 44.5 cm³/mol. The standard InChI is InChI=1S/C9H10FN/c1-11-7-6-8-2-4-9(10)5-3-8/h2-5H,1,6-7H2. The van der Waals surface area contributed by atoms with Crippen molar-refractivity contribution in [3.05, 3.63) is 35.6 Å². The van der Waals surface area contributed by atoms with Crippen molar-refractivity contribution in [3.63, 3.8) is 0 Å². The molecule has 11 heavy (non-hydrogen) atoms. The second kappa shape index (κ2) is 3.86. The van der Waals surface area contributed by atoms with Crippen LogP contribution in [0, 0.1) is 5.82 Å². The van der Waals surface area contributed by atoms with Crippen LogP contribution >= 0.6 is 0 Å². The Balaban J connectivity index is 2.58. The minimum absolute atomic E-state index is 0.194. The molecule has 0 bridgehead atoms. The Bertz CT molecular complexity index is 228. The number of aliphatic imine (C=N–C) groups is 1. The summed E-state index contributed by atoms with van der Waals surface area (Å²) in [7, 11) is 0.